The summed E-state index contributed by atoms with van der Waals surface area (Å²) in [4.78, 5) is 36.0. The van der Waals surface area contributed by atoms with Gasteiger partial charge < -0.3 is 14.5 Å². The van der Waals surface area contributed by atoms with Gasteiger partial charge in [0.25, 0.3) is 5.91 Å². The van der Waals surface area contributed by atoms with Gasteiger partial charge in [-0.1, -0.05) is 6.58 Å². The van der Waals surface area contributed by atoms with Crippen LogP contribution in [0.15, 0.2) is 12.7 Å². The summed E-state index contributed by atoms with van der Waals surface area (Å²) in [5.41, 5.74) is -0.819. The van der Waals surface area contributed by atoms with Crippen molar-refractivity contribution in [3.63, 3.8) is 0 Å². The van der Waals surface area contributed by atoms with Crippen LogP contribution in [0.5, 0.6) is 0 Å². The van der Waals surface area contributed by atoms with Crippen molar-refractivity contribution >= 4 is 17.9 Å². The Balaban J connectivity index is 2.36. The Labute approximate surface area is 131 Å². The molecule has 1 aliphatic rings. The molecule has 0 saturated carbocycles. The number of quaternary nitrogens is 1. The Bertz CT molecular complexity index is 471. The Kier molecular flexibility index (Phi) is 5.71. The second-order valence-electron chi connectivity index (χ2n) is 6.62. The molecule has 7 heteroatoms. The lowest BCUT2D eigenvalue weighted by Gasteiger charge is -2.30. The molecular formula is C15H26N3O4+. The average molecular weight is 312 g/mol. The molecule has 1 saturated heterocycles. The van der Waals surface area contributed by atoms with Gasteiger partial charge in [0.2, 0.25) is 0 Å². The highest BCUT2D eigenvalue weighted by molar-refractivity contribution is 6.06. The van der Waals surface area contributed by atoms with E-state index in [1.165, 1.54) is 4.90 Å². The van der Waals surface area contributed by atoms with Crippen LogP contribution in [-0.2, 0) is 14.3 Å². The molecule has 0 aromatic rings. The monoisotopic (exact) mass is 312 g/mol. The minimum absolute atomic E-state index is 0.192. The van der Waals surface area contributed by atoms with Crippen LogP contribution >= 0.6 is 0 Å². The molecule has 1 rings (SSSR count). The fourth-order valence-electron chi connectivity index (χ4n) is 2.24. The number of carbonyl (C=O) groups excluding carboxylic acids is 3. The fraction of sp³-hybridized carbons (Fsp3) is 0.667. The van der Waals surface area contributed by atoms with E-state index >= 15 is 0 Å². The molecule has 0 unspecified atom stereocenters. The molecule has 0 spiro atoms. The Morgan fingerprint density at radius 3 is 2.50 bits per heavy atom. The van der Waals surface area contributed by atoms with Crippen LogP contribution in [0.3, 0.4) is 0 Å². The number of imide groups is 1. The number of ether oxygens (including phenoxy) is 1. The van der Waals surface area contributed by atoms with E-state index in [0.29, 0.717) is 30.6 Å². The standard InChI is InChI=1S/C15H25N3O4/c1-6-12(19)22-11-10-18(4,5)9-7-8-17-13(20)15(2,3)16-14(17)21/h6H,1,7-11H2,2-5H3/p+1. The zero-order valence-corrected chi connectivity index (χ0v) is 13.8. The largest absolute Gasteiger partial charge is 0.457 e. The minimum atomic E-state index is -0.819. The van der Waals surface area contributed by atoms with Crippen LogP contribution in [0.25, 0.3) is 0 Å². The number of nitrogens with one attached hydrogen (secondary N) is 1. The van der Waals surface area contributed by atoms with Gasteiger partial charge in [0.05, 0.1) is 20.6 Å². The molecule has 1 N–H and O–H groups in total. The summed E-state index contributed by atoms with van der Waals surface area (Å²) >= 11 is 0. The smallest absolute Gasteiger partial charge is 0.330 e. The molecule has 0 aromatic carbocycles. The first-order chi connectivity index (χ1) is 10.1. The van der Waals surface area contributed by atoms with E-state index in [9.17, 15) is 14.4 Å². The van der Waals surface area contributed by atoms with Crippen molar-refractivity contribution in [2.75, 3.05) is 40.3 Å². The quantitative estimate of drug-likeness (QED) is 0.307. The summed E-state index contributed by atoms with van der Waals surface area (Å²) in [6.45, 7) is 8.86. The molecule has 22 heavy (non-hydrogen) atoms. The normalized spacial score (nSPS) is 17.4. The number of likely N-dealkylation sites (N-methyl/N-ethyl adjacent to an activating group) is 1. The van der Waals surface area contributed by atoms with Crippen LogP contribution < -0.4 is 5.32 Å². The lowest BCUT2D eigenvalue weighted by molar-refractivity contribution is -0.890. The molecule has 124 valence electrons. The maximum Gasteiger partial charge on any atom is 0.330 e. The lowest BCUT2D eigenvalue weighted by Crippen LogP contribution is -2.45. The highest BCUT2D eigenvalue weighted by Gasteiger charge is 2.43. The number of carbonyl (C=O) groups is 3. The van der Waals surface area contributed by atoms with Crippen LogP contribution in [0, 0.1) is 0 Å². The molecule has 0 aromatic heterocycles. The summed E-state index contributed by atoms with van der Waals surface area (Å²) < 4.78 is 5.60. The molecule has 0 aliphatic carbocycles. The van der Waals surface area contributed by atoms with Crippen molar-refractivity contribution in [2.45, 2.75) is 25.8 Å². The van der Waals surface area contributed by atoms with Gasteiger partial charge >= 0.3 is 12.0 Å². The summed E-state index contributed by atoms with van der Waals surface area (Å²) in [6.07, 6.45) is 1.83. The molecule has 0 bridgehead atoms. The predicted molar refractivity (Wildman–Crippen MR) is 81.9 cm³/mol. The van der Waals surface area contributed by atoms with Crippen molar-refractivity contribution in [1.82, 2.24) is 10.2 Å². The SMILES string of the molecule is C=CC(=O)OCC[N+](C)(C)CCCN1C(=O)NC(C)(C)C1=O. The third-order valence-electron chi connectivity index (χ3n) is 3.70. The molecule has 7 nitrogen and oxygen atoms in total. The number of nitrogens with zero attached hydrogens (tertiary/aromatic N) is 2. The van der Waals surface area contributed by atoms with Gasteiger partial charge in [0.15, 0.2) is 0 Å². The number of rotatable bonds is 8. The molecule has 1 fully saturated rings. The van der Waals surface area contributed by atoms with Crippen LogP contribution in [0.2, 0.25) is 0 Å². The van der Waals surface area contributed by atoms with Gasteiger partial charge in [-0.3, -0.25) is 9.69 Å². The second-order valence-corrected chi connectivity index (χ2v) is 6.62. The average Bonchev–Trinajstić information content (AvgIpc) is 2.60. The van der Waals surface area contributed by atoms with E-state index in [1.807, 2.05) is 14.1 Å². The molecule has 3 amide bonds. The van der Waals surface area contributed by atoms with E-state index < -0.39 is 11.5 Å². The molecule has 1 aliphatic heterocycles. The van der Waals surface area contributed by atoms with Gasteiger partial charge in [-0.15, -0.1) is 0 Å². The maximum absolute atomic E-state index is 12.0. The second kappa shape index (κ2) is 6.91. The number of urea groups is 1. The topological polar surface area (TPSA) is 75.7 Å². The fourth-order valence-corrected chi connectivity index (χ4v) is 2.24. The van der Waals surface area contributed by atoms with E-state index in [0.717, 1.165) is 12.6 Å². The van der Waals surface area contributed by atoms with Gasteiger partial charge in [-0.25, -0.2) is 9.59 Å². The van der Waals surface area contributed by atoms with E-state index in [-0.39, 0.29) is 11.9 Å². The summed E-state index contributed by atoms with van der Waals surface area (Å²) in [7, 11) is 4.02. The Morgan fingerprint density at radius 2 is 2.00 bits per heavy atom. The zero-order valence-electron chi connectivity index (χ0n) is 13.8. The van der Waals surface area contributed by atoms with E-state index in [1.54, 1.807) is 13.8 Å². The lowest BCUT2D eigenvalue weighted by atomic mass is 10.1. The van der Waals surface area contributed by atoms with Crippen LogP contribution in [0.4, 0.5) is 4.79 Å². The van der Waals surface area contributed by atoms with Crippen molar-refractivity contribution in [3.8, 4) is 0 Å². The molecular weight excluding hydrogens is 286 g/mol. The van der Waals surface area contributed by atoms with Gasteiger partial charge in [-0.2, -0.15) is 0 Å². The summed E-state index contributed by atoms with van der Waals surface area (Å²) in [5.74, 6) is -0.621. The van der Waals surface area contributed by atoms with Crippen molar-refractivity contribution in [2.24, 2.45) is 0 Å². The van der Waals surface area contributed by atoms with Crippen LogP contribution in [-0.4, -0.2) is 73.2 Å². The highest BCUT2D eigenvalue weighted by atomic mass is 16.5. The third-order valence-corrected chi connectivity index (χ3v) is 3.70. The third kappa shape index (κ3) is 4.84. The maximum atomic E-state index is 12.0. The Morgan fingerprint density at radius 1 is 1.36 bits per heavy atom. The number of hydrogen-bond donors (Lipinski definition) is 1. The van der Waals surface area contributed by atoms with E-state index in [2.05, 4.69) is 11.9 Å². The first kappa shape index (κ1) is 18.2. The van der Waals surface area contributed by atoms with E-state index in [4.69, 9.17) is 4.74 Å². The summed E-state index contributed by atoms with van der Waals surface area (Å²) in [6, 6.07) is -0.333. The minimum Gasteiger partial charge on any atom is -0.457 e. The molecule has 0 radical (unpaired) electrons. The van der Waals surface area contributed by atoms with Crippen molar-refractivity contribution in [3.05, 3.63) is 12.7 Å². The van der Waals surface area contributed by atoms with Crippen molar-refractivity contribution < 1.29 is 23.6 Å². The number of esters is 1. The zero-order chi connectivity index (χ0) is 17.0. The molecule has 0 atom stereocenters. The summed E-state index contributed by atoms with van der Waals surface area (Å²) in [5, 5.41) is 2.66. The first-order valence-electron chi connectivity index (χ1n) is 7.34. The van der Waals surface area contributed by atoms with Gasteiger partial charge in [0, 0.05) is 19.0 Å². The number of amides is 3. The van der Waals surface area contributed by atoms with Crippen LogP contribution in [0.1, 0.15) is 20.3 Å². The first-order valence-corrected chi connectivity index (χ1v) is 7.34. The highest BCUT2D eigenvalue weighted by Crippen LogP contribution is 2.16. The number of hydrogen-bond acceptors (Lipinski definition) is 4. The molecule has 1 heterocycles. The van der Waals surface area contributed by atoms with Crippen molar-refractivity contribution in [1.29, 1.82) is 0 Å². The Hall–Kier alpha value is -1.89. The van der Waals surface area contributed by atoms with Gasteiger partial charge in [0.1, 0.15) is 18.7 Å². The predicted octanol–water partition coefficient (Wildman–Crippen LogP) is 0.513. The van der Waals surface area contributed by atoms with Gasteiger partial charge in [-0.05, 0) is 13.8 Å².